The summed E-state index contributed by atoms with van der Waals surface area (Å²) in [6.07, 6.45) is 3.21. The van der Waals surface area contributed by atoms with Crippen LogP contribution in [0.15, 0.2) is 89.3 Å². The van der Waals surface area contributed by atoms with Crippen LogP contribution in [0.4, 0.5) is 0 Å². The summed E-state index contributed by atoms with van der Waals surface area (Å²) in [5, 5.41) is 0. The van der Waals surface area contributed by atoms with Gasteiger partial charge in [0.1, 0.15) is 11.5 Å². The third-order valence-corrected chi connectivity index (χ3v) is 5.94. The lowest BCUT2D eigenvalue weighted by atomic mass is 9.86. The molecule has 0 N–H and O–H groups in total. The highest BCUT2D eigenvalue weighted by molar-refractivity contribution is 5.93. The fraction of sp³-hybridized carbons (Fsp3) is 0.172. The Kier molecular flexibility index (Phi) is 4.47. The Labute approximate surface area is 178 Å². The Balaban J connectivity index is 1.49. The average Bonchev–Trinajstić information content (AvgIpc) is 3.41. The van der Waals surface area contributed by atoms with Gasteiger partial charge >= 0.3 is 0 Å². The first kappa shape index (κ1) is 18.7. The van der Waals surface area contributed by atoms with Crippen molar-refractivity contribution in [2.24, 2.45) is 0 Å². The summed E-state index contributed by atoms with van der Waals surface area (Å²) in [7, 11) is 0. The molecule has 0 unspecified atom stereocenters. The monoisotopic (exact) mass is 390 g/mol. The van der Waals surface area contributed by atoms with Crippen LogP contribution in [0, 0.1) is 0 Å². The van der Waals surface area contributed by atoms with Crippen molar-refractivity contribution in [1.29, 1.82) is 0 Å². The van der Waals surface area contributed by atoms with E-state index in [0.29, 0.717) is 0 Å². The lowest BCUT2D eigenvalue weighted by Crippen LogP contribution is -2.10. The van der Waals surface area contributed by atoms with Crippen LogP contribution in [0.2, 0.25) is 0 Å². The molecule has 0 aliphatic heterocycles. The van der Waals surface area contributed by atoms with Gasteiger partial charge in [-0.1, -0.05) is 93.6 Å². The standard InChI is InChI=1S/C29H26O/c1-29(2,3)24-14-12-20(13-15-24)25-11-7-10-22-18-23(19-26(22)25)28-17-16-27(30-28)21-8-5-4-6-9-21/h4-17,19H,18H2,1-3H3. The van der Waals surface area contributed by atoms with Gasteiger partial charge in [-0.2, -0.15) is 0 Å². The van der Waals surface area contributed by atoms with Crippen molar-refractivity contribution in [3.8, 4) is 22.5 Å². The van der Waals surface area contributed by atoms with Gasteiger partial charge in [0.05, 0.1) is 0 Å². The molecule has 0 spiro atoms. The van der Waals surface area contributed by atoms with Crippen molar-refractivity contribution in [2.45, 2.75) is 32.6 Å². The van der Waals surface area contributed by atoms with Crippen LogP contribution >= 0.6 is 0 Å². The summed E-state index contributed by atoms with van der Waals surface area (Å²) in [4.78, 5) is 0. The Morgan fingerprint density at radius 3 is 2.13 bits per heavy atom. The van der Waals surface area contributed by atoms with Crippen molar-refractivity contribution in [3.05, 3.63) is 107 Å². The normalized spacial score (nSPS) is 13.2. The van der Waals surface area contributed by atoms with Gasteiger partial charge in [0.2, 0.25) is 0 Å². The number of benzene rings is 3. The van der Waals surface area contributed by atoms with Crippen LogP contribution in [0.25, 0.3) is 34.1 Å². The molecule has 5 rings (SSSR count). The summed E-state index contributed by atoms with van der Waals surface area (Å²) in [5.74, 6) is 1.87. The van der Waals surface area contributed by atoms with Gasteiger partial charge < -0.3 is 4.42 Å². The molecule has 1 aliphatic carbocycles. The van der Waals surface area contributed by atoms with Crippen LogP contribution in [-0.4, -0.2) is 0 Å². The van der Waals surface area contributed by atoms with E-state index < -0.39 is 0 Å². The van der Waals surface area contributed by atoms with Gasteiger partial charge in [-0.05, 0) is 57.0 Å². The first-order valence-corrected chi connectivity index (χ1v) is 10.6. The summed E-state index contributed by atoms with van der Waals surface area (Å²) in [6, 6.07) is 30.1. The number of fused-ring (bicyclic) bond motifs is 1. The first-order chi connectivity index (χ1) is 14.5. The molecular formula is C29H26O. The topological polar surface area (TPSA) is 13.1 Å². The van der Waals surface area contributed by atoms with Crippen LogP contribution in [0.3, 0.4) is 0 Å². The molecule has 0 fully saturated rings. The molecule has 1 heteroatoms. The lowest BCUT2D eigenvalue weighted by Gasteiger charge is -2.19. The molecule has 0 saturated heterocycles. The second-order valence-corrected chi connectivity index (χ2v) is 9.08. The van der Waals surface area contributed by atoms with Gasteiger partial charge in [0.25, 0.3) is 0 Å². The molecule has 0 bridgehead atoms. The molecule has 30 heavy (non-hydrogen) atoms. The van der Waals surface area contributed by atoms with E-state index in [1.54, 1.807) is 0 Å². The van der Waals surface area contributed by atoms with Crippen LogP contribution in [0.1, 0.15) is 43.2 Å². The number of rotatable bonds is 3. The highest BCUT2D eigenvalue weighted by Crippen LogP contribution is 2.39. The Morgan fingerprint density at radius 2 is 1.40 bits per heavy atom. The zero-order valence-electron chi connectivity index (χ0n) is 17.8. The summed E-state index contributed by atoms with van der Waals surface area (Å²) < 4.78 is 6.22. The lowest BCUT2D eigenvalue weighted by molar-refractivity contribution is 0.566. The second kappa shape index (κ2) is 7.18. The van der Waals surface area contributed by atoms with E-state index in [1.165, 1.54) is 33.4 Å². The number of hydrogen-bond donors (Lipinski definition) is 0. The molecule has 1 nitrogen and oxygen atoms in total. The first-order valence-electron chi connectivity index (χ1n) is 10.6. The molecule has 0 amide bonds. The number of allylic oxidation sites excluding steroid dienone is 1. The van der Waals surface area contributed by atoms with Gasteiger partial charge in [0.15, 0.2) is 0 Å². The molecule has 0 atom stereocenters. The van der Waals surface area contributed by atoms with E-state index >= 15 is 0 Å². The zero-order chi connectivity index (χ0) is 20.7. The molecule has 0 saturated carbocycles. The largest absolute Gasteiger partial charge is 0.456 e. The summed E-state index contributed by atoms with van der Waals surface area (Å²) in [5.41, 5.74) is 9.11. The molecule has 4 aromatic rings. The van der Waals surface area contributed by atoms with Gasteiger partial charge in [-0.15, -0.1) is 0 Å². The van der Waals surface area contributed by atoms with Crippen molar-refractivity contribution < 1.29 is 4.42 Å². The van der Waals surface area contributed by atoms with E-state index in [1.807, 2.05) is 18.2 Å². The van der Waals surface area contributed by atoms with Gasteiger partial charge in [-0.25, -0.2) is 0 Å². The smallest absolute Gasteiger partial charge is 0.134 e. The predicted molar refractivity (Wildman–Crippen MR) is 126 cm³/mol. The van der Waals surface area contributed by atoms with Crippen molar-refractivity contribution >= 4 is 11.6 Å². The molecule has 3 aromatic carbocycles. The van der Waals surface area contributed by atoms with Crippen molar-refractivity contribution in [3.63, 3.8) is 0 Å². The fourth-order valence-corrected chi connectivity index (χ4v) is 4.20. The molecule has 1 heterocycles. The molecule has 1 aliphatic rings. The summed E-state index contributed by atoms with van der Waals surface area (Å²) >= 11 is 0. The molecule has 0 radical (unpaired) electrons. The predicted octanol–water partition coefficient (Wildman–Crippen LogP) is 8.01. The number of hydrogen-bond acceptors (Lipinski definition) is 1. The Bertz CT molecular complexity index is 1220. The van der Waals surface area contributed by atoms with E-state index in [-0.39, 0.29) is 5.41 Å². The third kappa shape index (κ3) is 3.41. The van der Waals surface area contributed by atoms with Crippen molar-refractivity contribution in [1.82, 2.24) is 0 Å². The van der Waals surface area contributed by atoms with Crippen LogP contribution < -0.4 is 0 Å². The molecule has 1 aromatic heterocycles. The molecule has 148 valence electrons. The minimum Gasteiger partial charge on any atom is -0.456 e. The Hall–Kier alpha value is -3.32. The van der Waals surface area contributed by atoms with E-state index in [4.69, 9.17) is 4.42 Å². The summed E-state index contributed by atoms with van der Waals surface area (Å²) in [6.45, 7) is 6.76. The average molecular weight is 391 g/mol. The van der Waals surface area contributed by atoms with Crippen molar-refractivity contribution in [2.75, 3.05) is 0 Å². The Morgan fingerprint density at radius 1 is 0.667 bits per heavy atom. The SMILES string of the molecule is CC(C)(C)c1ccc(-c2cccc3c2C=C(c2ccc(-c4ccccc4)o2)C3)cc1. The van der Waals surface area contributed by atoms with Crippen LogP contribution in [0.5, 0.6) is 0 Å². The maximum atomic E-state index is 6.22. The van der Waals surface area contributed by atoms with E-state index in [2.05, 4.69) is 93.6 Å². The second-order valence-electron chi connectivity index (χ2n) is 9.08. The highest BCUT2D eigenvalue weighted by atomic mass is 16.3. The third-order valence-electron chi connectivity index (χ3n) is 5.94. The van der Waals surface area contributed by atoms with Gasteiger partial charge in [-0.3, -0.25) is 0 Å². The fourth-order valence-electron chi connectivity index (χ4n) is 4.20. The van der Waals surface area contributed by atoms with Crippen LogP contribution in [-0.2, 0) is 11.8 Å². The zero-order valence-corrected chi connectivity index (χ0v) is 17.8. The minimum atomic E-state index is 0.167. The highest BCUT2D eigenvalue weighted by Gasteiger charge is 2.20. The van der Waals surface area contributed by atoms with E-state index in [0.717, 1.165) is 23.5 Å². The van der Waals surface area contributed by atoms with E-state index in [9.17, 15) is 0 Å². The maximum absolute atomic E-state index is 6.22. The van der Waals surface area contributed by atoms with Gasteiger partial charge in [0, 0.05) is 12.0 Å². The maximum Gasteiger partial charge on any atom is 0.134 e. The molecular weight excluding hydrogens is 364 g/mol. The quantitative estimate of drug-likeness (QED) is 0.345. The minimum absolute atomic E-state index is 0.167. The number of furan rings is 1.